The molecule has 0 bridgehead atoms. The van der Waals surface area contributed by atoms with Crippen LogP contribution >= 0.6 is 0 Å². The Morgan fingerprint density at radius 1 is 0.971 bits per heavy atom. The SMILES string of the molecule is C=C(C)C(=O)OCc1cc(-c2ccc(-c3ccc(CCCCC)cc3F)cc2)ccc1OCCO. The van der Waals surface area contributed by atoms with Crippen LogP contribution in [0.5, 0.6) is 5.75 Å². The zero-order valence-corrected chi connectivity index (χ0v) is 20.5. The number of aryl methyl sites for hydroxylation is 1. The molecule has 0 atom stereocenters. The van der Waals surface area contributed by atoms with Crippen molar-refractivity contribution in [1.82, 2.24) is 0 Å². The molecule has 0 aromatic heterocycles. The third kappa shape index (κ3) is 7.27. The summed E-state index contributed by atoms with van der Waals surface area (Å²) in [4.78, 5) is 11.8. The number of ether oxygens (including phenoxy) is 2. The number of hydrogen-bond donors (Lipinski definition) is 1. The molecule has 0 aliphatic carbocycles. The molecule has 0 aliphatic heterocycles. The smallest absolute Gasteiger partial charge is 0.333 e. The van der Waals surface area contributed by atoms with E-state index in [9.17, 15) is 9.18 Å². The summed E-state index contributed by atoms with van der Waals surface area (Å²) in [6.07, 6.45) is 4.26. The molecule has 0 amide bonds. The zero-order valence-electron chi connectivity index (χ0n) is 20.5. The molecular weight excluding hydrogens is 443 g/mol. The maximum Gasteiger partial charge on any atom is 0.333 e. The molecule has 1 N–H and O–H groups in total. The molecule has 3 aromatic carbocycles. The summed E-state index contributed by atoms with van der Waals surface area (Å²) in [6, 6.07) is 18.8. The van der Waals surface area contributed by atoms with Crippen molar-refractivity contribution < 1.29 is 23.8 Å². The highest BCUT2D eigenvalue weighted by Crippen LogP contribution is 2.31. The normalized spacial score (nSPS) is 10.7. The maximum atomic E-state index is 14.8. The number of aliphatic hydroxyl groups excluding tert-OH is 1. The summed E-state index contributed by atoms with van der Waals surface area (Å²) in [5.41, 5.74) is 5.25. The lowest BCUT2D eigenvalue weighted by atomic mass is 9.97. The van der Waals surface area contributed by atoms with E-state index < -0.39 is 5.97 Å². The lowest BCUT2D eigenvalue weighted by Crippen LogP contribution is -2.08. The van der Waals surface area contributed by atoms with Gasteiger partial charge in [0, 0.05) is 16.7 Å². The van der Waals surface area contributed by atoms with E-state index in [-0.39, 0.29) is 25.6 Å². The number of hydrogen-bond acceptors (Lipinski definition) is 4. The Labute approximate surface area is 207 Å². The molecule has 3 rings (SSSR count). The van der Waals surface area contributed by atoms with Gasteiger partial charge in [0.05, 0.1) is 6.61 Å². The van der Waals surface area contributed by atoms with Crippen LogP contribution in [0.15, 0.2) is 72.8 Å². The Kier molecular flexibility index (Phi) is 9.62. The van der Waals surface area contributed by atoms with Crippen LogP contribution in [0.25, 0.3) is 22.3 Å². The lowest BCUT2D eigenvalue weighted by molar-refractivity contribution is -0.140. The summed E-state index contributed by atoms with van der Waals surface area (Å²) in [6.45, 7) is 7.39. The van der Waals surface area contributed by atoms with Gasteiger partial charge in [0.25, 0.3) is 0 Å². The average Bonchev–Trinajstić information content (AvgIpc) is 2.86. The zero-order chi connectivity index (χ0) is 25.2. The van der Waals surface area contributed by atoms with Crippen molar-refractivity contribution in [3.63, 3.8) is 0 Å². The average molecular weight is 477 g/mol. The van der Waals surface area contributed by atoms with E-state index in [1.807, 2.05) is 48.5 Å². The van der Waals surface area contributed by atoms with E-state index in [1.54, 1.807) is 19.1 Å². The van der Waals surface area contributed by atoms with E-state index in [0.717, 1.165) is 47.9 Å². The number of rotatable bonds is 12. The highest BCUT2D eigenvalue weighted by atomic mass is 19.1. The number of esters is 1. The summed E-state index contributed by atoms with van der Waals surface area (Å²) < 4.78 is 25.7. The fourth-order valence-corrected chi connectivity index (χ4v) is 3.80. The van der Waals surface area contributed by atoms with Crippen molar-refractivity contribution in [2.45, 2.75) is 46.1 Å². The van der Waals surface area contributed by atoms with E-state index in [0.29, 0.717) is 22.4 Å². The number of carbonyl (C=O) groups excluding carboxylic acids is 1. The fraction of sp³-hybridized carbons (Fsp3) is 0.300. The van der Waals surface area contributed by atoms with Gasteiger partial charge in [0.1, 0.15) is 24.8 Å². The van der Waals surface area contributed by atoms with Gasteiger partial charge in [-0.1, -0.05) is 68.8 Å². The number of aliphatic hydroxyl groups is 1. The fourth-order valence-electron chi connectivity index (χ4n) is 3.80. The third-order valence-electron chi connectivity index (χ3n) is 5.75. The van der Waals surface area contributed by atoms with E-state index >= 15 is 0 Å². The van der Waals surface area contributed by atoms with Crippen LogP contribution in [-0.2, 0) is 22.6 Å². The Balaban J connectivity index is 1.80. The molecule has 184 valence electrons. The molecule has 3 aromatic rings. The summed E-state index contributed by atoms with van der Waals surface area (Å²) in [5, 5.41) is 9.10. The Morgan fingerprint density at radius 2 is 1.69 bits per heavy atom. The van der Waals surface area contributed by atoms with Crippen molar-refractivity contribution in [3.05, 3.63) is 89.8 Å². The van der Waals surface area contributed by atoms with Gasteiger partial charge in [0.2, 0.25) is 0 Å². The van der Waals surface area contributed by atoms with E-state index in [1.165, 1.54) is 0 Å². The first-order valence-corrected chi connectivity index (χ1v) is 12.0. The Morgan fingerprint density at radius 3 is 2.34 bits per heavy atom. The number of unbranched alkanes of at least 4 members (excludes halogenated alkanes) is 2. The minimum absolute atomic E-state index is 0.0220. The quantitative estimate of drug-likeness (QED) is 0.176. The van der Waals surface area contributed by atoms with Crippen molar-refractivity contribution >= 4 is 5.97 Å². The van der Waals surface area contributed by atoms with Crippen LogP contribution in [0.1, 0.15) is 44.2 Å². The van der Waals surface area contributed by atoms with Gasteiger partial charge in [-0.25, -0.2) is 9.18 Å². The highest BCUT2D eigenvalue weighted by molar-refractivity contribution is 5.87. The second-order valence-electron chi connectivity index (χ2n) is 8.60. The minimum atomic E-state index is -0.480. The molecule has 0 aliphatic rings. The molecule has 5 heteroatoms. The van der Waals surface area contributed by atoms with Gasteiger partial charge in [-0.05, 0) is 60.2 Å². The lowest BCUT2D eigenvalue weighted by Gasteiger charge is -2.14. The number of benzene rings is 3. The molecule has 0 spiro atoms. The summed E-state index contributed by atoms with van der Waals surface area (Å²) >= 11 is 0. The van der Waals surface area contributed by atoms with Crippen molar-refractivity contribution in [2.75, 3.05) is 13.2 Å². The molecule has 4 nitrogen and oxygen atoms in total. The third-order valence-corrected chi connectivity index (χ3v) is 5.75. The van der Waals surface area contributed by atoms with Gasteiger partial charge in [0.15, 0.2) is 0 Å². The second-order valence-corrected chi connectivity index (χ2v) is 8.60. The van der Waals surface area contributed by atoms with Crippen molar-refractivity contribution in [3.8, 4) is 28.0 Å². The van der Waals surface area contributed by atoms with Gasteiger partial charge in [-0.2, -0.15) is 0 Å². The molecule has 35 heavy (non-hydrogen) atoms. The second kappa shape index (κ2) is 12.9. The first-order chi connectivity index (χ1) is 16.9. The van der Waals surface area contributed by atoms with Gasteiger partial charge < -0.3 is 14.6 Å². The number of halogens is 1. The van der Waals surface area contributed by atoms with Gasteiger partial charge >= 0.3 is 5.97 Å². The minimum Gasteiger partial charge on any atom is -0.491 e. The van der Waals surface area contributed by atoms with Crippen molar-refractivity contribution in [2.24, 2.45) is 0 Å². The van der Waals surface area contributed by atoms with Crippen LogP contribution in [-0.4, -0.2) is 24.3 Å². The predicted octanol–water partition coefficient (Wildman–Crippen LogP) is 6.88. The summed E-state index contributed by atoms with van der Waals surface area (Å²) in [7, 11) is 0. The first-order valence-electron chi connectivity index (χ1n) is 12.0. The Hall–Kier alpha value is -3.44. The number of carbonyl (C=O) groups is 1. The monoisotopic (exact) mass is 476 g/mol. The molecule has 0 radical (unpaired) electrons. The van der Waals surface area contributed by atoms with Crippen LogP contribution in [0.3, 0.4) is 0 Å². The van der Waals surface area contributed by atoms with Gasteiger partial charge in [-0.3, -0.25) is 0 Å². The Bertz CT molecular complexity index is 1150. The van der Waals surface area contributed by atoms with Crippen molar-refractivity contribution in [1.29, 1.82) is 0 Å². The van der Waals surface area contributed by atoms with Crippen LogP contribution in [0, 0.1) is 5.82 Å². The standard InChI is InChI=1S/C30H33FO4/c1-4-5-6-7-22-8-14-27(28(31)18-22)24-11-9-23(10-12-24)25-13-15-29(34-17-16-32)26(19-25)20-35-30(33)21(2)3/h8-15,18-19,32H,2,4-7,16-17,20H2,1,3H3. The first kappa shape index (κ1) is 26.2. The molecule has 0 fully saturated rings. The molecular formula is C30H33FO4. The predicted molar refractivity (Wildman–Crippen MR) is 138 cm³/mol. The highest BCUT2D eigenvalue weighted by Gasteiger charge is 2.12. The topological polar surface area (TPSA) is 55.8 Å². The molecule has 0 heterocycles. The van der Waals surface area contributed by atoms with E-state index in [4.69, 9.17) is 14.6 Å². The largest absolute Gasteiger partial charge is 0.491 e. The van der Waals surface area contributed by atoms with Gasteiger partial charge in [-0.15, -0.1) is 0 Å². The molecule has 0 unspecified atom stereocenters. The molecule has 0 saturated carbocycles. The van der Waals surface area contributed by atoms with Crippen LogP contribution in [0.4, 0.5) is 4.39 Å². The summed E-state index contributed by atoms with van der Waals surface area (Å²) in [5.74, 6) is -0.153. The van der Waals surface area contributed by atoms with Crippen LogP contribution < -0.4 is 4.74 Å². The van der Waals surface area contributed by atoms with E-state index in [2.05, 4.69) is 13.5 Å². The van der Waals surface area contributed by atoms with Crippen LogP contribution in [0.2, 0.25) is 0 Å². The maximum absolute atomic E-state index is 14.8. The molecule has 0 saturated heterocycles.